The molecule has 1 aliphatic rings. The smallest absolute Gasteiger partial charge is 0.131 e. The van der Waals surface area contributed by atoms with E-state index in [1.807, 2.05) is 4.68 Å². The molecule has 3 nitrogen and oxygen atoms in total. The van der Waals surface area contributed by atoms with Crippen LogP contribution in [0.15, 0.2) is 12.3 Å². The number of rotatable bonds is 4. The highest BCUT2D eigenvalue weighted by molar-refractivity contribution is 7.12. The molecule has 21 heavy (non-hydrogen) atoms. The van der Waals surface area contributed by atoms with Gasteiger partial charge < -0.3 is 5.11 Å². The van der Waals surface area contributed by atoms with Crippen molar-refractivity contribution in [3.8, 4) is 0 Å². The molecule has 0 spiro atoms. The fourth-order valence-corrected chi connectivity index (χ4v) is 4.49. The number of hydrogen-bond donors (Lipinski definition) is 1. The second-order valence-corrected chi connectivity index (χ2v) is 7.24. The molecule has 1 atom stereocenters. The van der Waals surface area contributed by atoms with Gasteiger partial charge in [0.25, 0.3) is 0 Å². The van der Waals surface area contributed by atoms with Crippen LogP contribution in [-0.4, -0.2) is 14.9 Å². The lowest BCUT2D eigenvalue weighted by atomic mass is 10.1. The summed E-state index contributed by atoms with van der Waals surface area (Å²) in [7, 11) is 0. The van der Waals surface area contributed by atoms with Gasteiger partial charge in [-0.1, -0.05) is 24.9 Å². The molecular weight excluding hydrogens is 304 g/mol. The number of nitrogens with zero attached hydrogens (tertiary/aromatic N) is 2. The maximum absolute atomic E-state index is 10.8. The summed E-state index contributed by atoms with van der Waals surface area (Å²) in [4.78, 5) is 2.45. The molecule has 5 heteroatoms. The lowest BCUT2D eigenvalue weighted by molar-refractivity contribution is 0.211. The molecule has 0 saturated carbocycles. The monoisotopic (exact) mass is 324 g/mol. The molecule has 1 aliphatic carbocycles. The number of aliphatic hydroxyl groups is 1. The predicted octanol–water partition coefficient (Wildman–Crippen LogP) is 4.36. The van der Waals surface area contributed by atoms with Crippen LogP contribution >= 0.6 is 22.9 Å². The summed E-state index contributed by atoms with van der Waals surface area (Å²) in [5, 5.41) is 15.6. The zero-order chi connectivity index (χ0) is 14.8. The van der Waals surface area contributed by atoms with Crippen LogP contribution in [0, 0.1) is 0 Å². The number of aryl methyl sites for hydroxylation is 3. The van der Waals surface area contributed by atoms with Gasteiger partial charge in [0.2, 0.25) is 0 Å². The Morgan fingerprint density at radius 2 is 2.19 bits per heavy atom. The van der Waals surface area contributed by atoms with Crippen molar-refractivity contribution < 1.29 is 5.11 Å². The third kappa shape index (κ3) is 3.03. The van der Waals surface area contributed by atoms with E-state index in [1.54, 1.807) is 17.5 Å². The fourth-order valence-electron chi connectivity index (χ4n) is 2.99. The highest BCUT2D eigenvalue weighted by Gasteiger charge is 2.23. The van der Waals surface area contributed by atoms with Crippen LogP contribution in [0.1, 0.15) is 59.7 Å². The van der Waals surface area contributed by atoms with Gasteiger partial charge in [-0.05, 0) is 43.7 Å². The van der Waals surface area contributed by atoms with Gasteiger partial charge in [-0.3, -0.25) is 4.68 Å². The van der Waals surface area contributed by atoms with Crippen molar-refractivity contribution in [3.63, 3.8) is 0 Å². The molecule has 3 rings (SSSR count). The van der Waals surface area contributed by atoms with E-state index in [0.29, 0.717) is 5.02 Å². The molecule has 0 aromatic carbocycles. The summed E-state index contributed by atoms with van der Waals surface area (Å²) >= 11 is 7.98. The standard InChI is InChI=1S/C16H21ClN2OS/c1-2-8-19-15(12(17)10-18-19)16(20)14-9-11-6-4-3-5-7-13(11)21-14/h9-10,16,20H,2-8H2,1H3. The minimum atomic E-state index is -0.663. The Balaban J connectivity index is 1.92. The Hall–Kier alpha value is -0.840. The predicted molar refractivity (Wildman–Crippen MR) is 87.2 cm³/mol. The zero-order valence-corrected chi connectivity index (χ0v) is 13.9. The van der Waals surface area contributed by atoms with Crippen molar-refractivity contribution in [1.82, 2.24) is 9.78 Å². The van der Waals surface area contributed by atoms with Crippen LogP contribution < -0.4 is 0 Å². The first-order chi connectivity index (χ1) is 10.2. The lowest BCUT2D eigenvalue weighted by Crippen LogP contribution is -2.09. The third-order valence-corrected chi connectivity index (χ3v) is 5.64. The van der Waals surface area contributed by atoms with Gasteiger partial charge in [0.1, 0.15) is 6.10 Å². The SMILES string of the molecule is CCCn1ncc(Cl)c1C(O)c1cc2c(s1)CCCCC2. The summed E-state index contributed by atoms with van der Waals surface area (Å²) < 4.78 is 1.83. The van der Waals surface area contributed by atoms with E-state index in [4.69, 9.17) is 11.6 Å². The number of halogens is 1. The largest absolute Gasteiger partial charge is 0.381 e. The molecule has 2 aromatic rings. The Morgan fingerprint density at radius 3 is 3.00 bits per heavy atom. The normalized spacial score (nSPS) is 16.5. The van der Waals surface area contributed by atoms with Gasteiger partial charge >= 0.3 is 0 Å². The molecule has 0 bridgehead atoms. The van der Waals surface area contributed by atoms with Gasteiger partial charge in [0, 0.05) is 16.3 Å². The Kier molecular flexibility index (Phi) is 4.67. The molecule has 2 heterocycles. The first-order valence-electron chi connectivity index (χ1n) is 7.71. The van der Waals surface area contributed by atoms with Crippen molar-refractivity contribution >= 4 is 22.9 Å². The zero-order valence-electron chi connectivity index (χ0n) is 12.3. The van der Waals surface area contributed by atoms with Gasteiger partial charge in [-0.2, -0.15) is 5.10 Å². The molecule has 0 fully saturated rings. The van der Waals surface area contributed by atoms with Gasteiger partial charge in [0.15, 0.2) is 0 Å². The first kappa shape index (κ1) is 15.1. The second-order valence-electron chi connectivity index (χ2n) is 5.66. The fraction of sp³-hybridized carbons (Fsp3) is 0.562. The van der Waals surface area contributed by atoms with Crippen molar-refractivity contribution in [2.24, 2.45) is 0 Å². The Bertz CT molecular complexity index is 596. The van der Waals surface area contributed by atoms with Gasteiger partial charge in [0.05, 0.1) is 16.9 Å². The molecule has 0 radical (unpaired) electrons. The maximum Gasteiger partial charge on any atom is 0.131 e. The molecule has 1 unspecified atom stereocenters. The van der Waals surface area contributed by atoms with Crippen molar-refractivity contribution in [1.29, 1.82) is 0 Å². The molecule has 0 aliphatic heterocycles. The molecule has 0 saturated heterocycles. The van der Waals surface area contributed by atoms with Crippen LogP contribution in [0.4, 0.5) is 0 Å². The number of fused-ring (bicyclic) bond motifs is 1. The molecule has 114 valence electrons. The lowest BCUT2D eigenvalue weighted by Gasteiger charge is -2.12. The van der Waals surface area contributed by atoms with Crippen LogP contribution in [0.3, 0.4) is 0 Å². The van der Waals surface area contributed by atoms with Crippen LogP contribution in [-0.2, 0) is 19.4 Å². The average molecular weight is 325 g/mol. The minimum absolute atomic E-state index is 0.555. The van der Waals surface area contributed by atoms with Gasteiger partial charge in [-0.25, -0.2) is 0 Å². The summed E-state index contributed by atoms with van der Waals surface area (Å²) in [6, 6.07) is 2.18. The van der Waals surface area contributed by atoms with E-state index in [0.717, 1.165) is 36.4 Å². The van der Waals surface area contributed by atoms with E-state index >= 15 is 0 Å². The van der Waals surface area contributed by atoms with Crippen LogP contribution in [0.25, 0.3) is 0 Å². The molecular formula is C16H21ClN2OS. The third-order valence-electron chi connectivity index (χ3n) is 4.06. The topological polar surface area (TPSA) is 38.0 Å². The first-order valence-corrected chi connectivity index (χ1v) is 8.91. The molecule has 0 amide bonds. The van der Waals surface area contributed by atoms with Crippen molar-refractivity contribution in [2.45, 2.75) is 58.1 Å². The number of aromatic nitrogens is 2. The number of aliphatic hydroxyl groups excluding tert-OH is 1. The quantitative estimate of drug-likeness (QED) is 0.849. The highest BCUT2D eigenvalue weighted by atomic mass is 35.5. The van der Waals surface area contributed by atoms with E-state index in [2.05, 4.69) is 18.1 Å². The van der Waals surface area contributed by atoms with Crippen molar-refractivity contribution in [2.75, 3.05) is 0 Å². The van der Waals surface area contributed by atoms with Crippen molar-refractivity contribution in [3.05, 3.63) is 38.3 Å². The number of thiophene rings is 1. The van der Waals surface area contributed by atoms with E-state index < -0.39 is 6.10 Å². The van der Waals surface area contributed by atoms with E-state index in [1.165, 1.54) is 29.7 Å². The van der Waals surface area contributed by atoms with Gasteiger partial charge in [-0.15, -0.1) is 11.3 Å². The average Bonchev–Trinajstić information content (AvgIpc) is 2.97. The Morgan fingerprint density at radius 1 is 1.38 bits per heavy atom. The second kappa shape index (κ2) is 6.51. The van der Waals surface area contributed by atoms with Crippen LogP contribution in [0.5, 0.6) is 0 Å². The Labute approximate surface area is 134 Å². The maximum atomic E-state index is 10.8. The van der Waals surface area contributed by atoms with E-state index in [9.17, 15) is 5.11 Å². The summed E-state index contributed by atoms with van der Waals surface area (Å²) in [6.07, 6.45) is 8.06. The van der Waals surface area contributed by atoms with Crippen LogP contribution in [0.2, 0.25) is 5.02 Å². The van der Waals surface area contributed by atoms with E-state index in [-0.39, 0.29) is 0 Å². The molecule has 1 N–H and O–H groups in total. The summed E-state index contributed by atoms with van der Waals surface area (Å²) in [5.74, 6) is 0. The number of hydrogen-bond acceptors (Lipinski definition) is 3. The summed E-state index contributed by atoms with van der Waals surface area (Å²) in [5.41, 5.74) is 2.15. The highest BCUT2D eigenvalue weighted by Crippen LogP contribution is 2.36. The molecule has 2 aromatic heterocycles. The summed E-state index contributed by atoms with van der Waals surface area (Å²) in [6.45, 7) is 2.88. The minimum Gasteiger partial charge on any atom is -0.381 e.